The summed E-state index contributed by atoms with van der Waals surface area (Å²) in [6.45, 7) is 8.36. The third kappa shape index (κ3) is 4.35. The fraction of sp³-hybridized carbons (Fsp3) is 0.722. The molecule has 0 saturated heterocycles. The number of rotatable bonds is 7. The number of unbranched alkanes of at least 4 members (excludes halogenated alkanes) is 1. The molecule has 1 N–H and O–H groups in total. The zero-order chi connectivity index (χ0) is 15.3. The van der Waals surface area contributed by atoms with Crippen molar-refractivity contribution in [3.63, 3.8) is 0 Å². The van der Waals surface area contributed by atoms with Crippen LogP contribution in [0.2, 0.25) is 0 Å². The van der Waals surface area contributed by atoms with Crippen LogP contribution in [0, 0.1) is 16.7 Å². The quantitative estimate of drug-likeness (QED) is 0.764. The first kappa shape index (κ1) is 16.1. The van der Waals surface area contributed by atoms with E-state index in [9.17, 15) is 0 Å². The van der Waals surface area contributed by atoms with Gasteiger partial charge in [-0.05, 0) is 63.6 Å². The lowest BCUT2D eigenvalue weighted by atomic mass is 9.89. The van der Waals surface area contributed by atoms with Gasteiger partial charge in [0.1, 0.15) is 0 Å². The van der Waals surface area contributed by atoms with Crippen molar-refractivity contribution in [2.45, 2.75) is 71.9 Å². The minimum Gasteiger partial charge on any atom is -0.354 e. The maximum Gasteiger partial charge on any atom is 0.0683 e. The van der Waals surface area contributed by atoms with Crippen LogP contribution in [0.5, 0.6) is 0 Å². The highest BCUT2D eigenvalue weighted by Gasteiger charge is 2.21. The lowest BCUT2D eigenvalue weighted by Gasteiger charge is -2.22. The highest BCUT2D eigenvalue weighted by atomic mass is 15.0. The van der Waals surface area contributed by atoms with E-state index in [0.29, 0.717) is 6.04 Å². The molecule has 1 unspecified atom stereocenters. The Labute approximate surface area is 129 Å². The molecule has 0 aliphatic heterocycles. The molecule has 3 nitrogen and oxygen atoms in total. The summed E-state index contributed by atoms with van der Waals surface area (Å²) in [6, 6.07) is 2.94. The summed E-state index contributed by atoms with van der Waals surface area (Å²) in [6.07, 6.45) is 11.7. The highest BCUT2D eigenvalue weighted by molar-refractivity contribution is 5.30. The van der Waals surface area contributed by atoms with Gasteiger partial charge in [-0.3, -0.25) is 0 Å². The second kappa shape index (κ2) is 7.13. The van der Waals surface area contributed by atoms with Crippen molar-refractivity contribution in [1.29, 1.82) is 5.26 Å². The number of nitrogens with one attached hydrogen (secondary N) is 1. The first-order chi connectivity index (χ1) is 10.1. The summed E-state index contributed by atoms with van der Waals surface area (Å²) < 4.78 is 2.36. The fourth-order valence-electron chi connectivity index (χ4n) is 3.25. The Hall–Kier alpha value is -1.27. The van der Waals surface area contributed by atoms with Crippen LogP contribution in [-0.4, -0.2) is 11.1 Å². The summed E-state index contributed by atoms with van der Waals surface area (Å²) in [5.41, 5.74) is 2.87. The third-order valence-electron chi connectivity index (χ3n) is 4.53. The van der Waals surface area contributed by atoms with Gasteiger partial charge < -0.3 is 9.88 Å². The van der Waals surface area contributed by atoms with E-state index in [4.69, 9.17) is 5.26 Å². The molecule has 1 aliphatic rings. The van der Waals surface area contributed by atoms with Crippen LogP contribution in [0.25, 0.3) is 0 Å². The first-order valence-corrected chi connectivity index (χ1v) is 8.39. The maximum absolute atomic E-state index is 9.04. The number of hydrogen-bond donors (Lipinski definition) is 1. The molecule has 1 aliphatic carbocycles. The molecule has 0 spiro atoms. The van der Waals surface area contributed by atoms with Gasteiger partial charge in [0.05, 0.1) is 11.5 Å². The van der Waals surface area contributed by atoms with Crippen molar-refractivity contribution < 1.29 is 0 Å². The molecule has 1 aromatic heterocycles. The Balaban J connectivity index is 1.87. The van der Waals surface area contributed by atoms with Gasteiger partial charge in [-0.15, -0.1) is 0 Å². The normalized spacial score (nSPS) is 18.3. The Kier molecular flexibility index (Phi) is 5.47. The summed E-state index contributed by atoms with van der Waals surface area (Å²) in [7, 11) is 0. The van der Waals surface area contributed by atoms with Crippen LogP contribution in [0.1, 0.15) is 70.0 Å². The van der Waals surface area contributed by atoms with Gasteiger partial charge in [0, 0.05) is 25.0 Å². The van der Waals surface area contributed by atoms with Crippen LogP contribution >= 0.6 is 0 Å². The van der Waals surface area contributed by atoms with E-state index in [2.05, 4.69) is 35.3 Å². The average Bonchev–Trinajstić information content (AvgIpc) is 2.88. The molecule has 0 amide bonds. The molecule has 0 aromatic carbocycles. The number of aryl methyl sites for hydroxylation is 2. The third-order valence-corrected chi connectivity index (χ3v) is 4.53. The molecule has 21 heavy (non-hydrogen) atoms. The predicted molar refractivity (Wildman–Crippen MR) is 87.0 cm³/mol. The molecule has 0 fully saturated rings. The van der Waals surface area contributed by atoms with Gasteiger partial charge in [-0.1, -0.05) is 13.3 Å². The van der Waals surface area contributed by atoms with Crippen LogP contribution < -0.4 is 5.32 Å². The van der Waals surface area contributed by atoms with E-state index >= 15 is 0 Å². The van der Waals surface area contributed by atoms with E-state index in [1.165, 1.54) is 30.4 Å². The molecule has 1 heterocycles. The van der Waals surface area contributed by atoms with E-state index in [1.54, 1.807) is 0 Å². The van der Waals surface area contributed by atoms with Crippen LogP contribution in [0.3, 0.4) is 0 Å². The molecule has 0 saturated carbocycles. The minimum absolute atomic E-state index is 0.175. The highest BCUT2D eigenvalue weighted by Crippen LogP contribution is 2.30. The minimum atomic E-state index is -0.175. The molecule has 116 valence electrons. The van der Waals surface area contributed by atoms with Crippen LogP contribution in [0.15, 0.2) is 12.4 Å². The summed E-state index contributed by atoms with van der Waals surface area (Å²) in [5, 5.41) is 12.6. The van der Waals surface area contributed by atoms with Crippen molar-refractivity contribution >= 4 is 0 Å². The zero-order valence-electron chi connectivity index (χ0n) is 13.8. The predicted octanol–water partition coefficient (Wildman–Crippen LogP) is 4.20. The van der Waals surface area contributed by atoms with Crippen LogP contribution in [0.4, 0.5) is 0 Å². The van der Waals surface area contributed by atoms with Gasteiger partial charge in [0.25, 0.3) is 0 Å². The van der Waals surface area contributed by atoms with Gasteiger partial charge in [0.2, 0.25) is 0 Å². The van der Waals surface area contributed by atoms with Gasteiger partial charge in [-0.25, -0.2) is 0 Å². The Morgan fingerprint density at radius 3 is 2.90 bits per heavy atom. The lowest BCUT2D eigenvalue weighted by molar-refractivity contribution is 0.417. The Bertz CT molecular complexity index is 493. The topological polar surface area (TPSA) is 40.8 Å². The number of aromatic nitrogens is 1. The lowest BCUT2D eigenvalue weighted by Crippen LogP contribution is -2.23. The smallest absolute Gasteiger partial charge is 0.0683 e. The molecule has 1 aromatic rings. The molecule has 0 radical (unpaired) electrons. The number of nitrogens with zero attached hydrogens (tertiary/aromatic N) is 2. The van der Waals surface area contributed by atoms with Crippen molar-refractivity contribution in [3.05, 3.63) is 23.5 Å². The van der Waals surface area contributed by atoms with Crippen molar-refractivity contribution in [3.8, 4) is 6.07 Å². The zero-order valence-corrected chi connectivity index (χ0v) is 13.8. The molecule has 1 atom stereocenters. The summed E-state index contributed by atoms with van der Waals surface area (Å²) in [5.74, 6) is 0. The van der Waals surface area contributed by atoms with Crippen LogP contribution in [-0.2, 0) is 13.0 Å². The van der Waals surface area contributed by atoms with E-state index in [1.807, 2.05) is 13.8 Å². The molecule has 3 heteroatoms. The average molecular weight is 287 g/mol. The second-order valence-electron chi connectivity index (χ2n) is 6.93. The fourth-order valence-corrected chi connectivity index (χ4v) is 3.25. The number of nitriles is 1. The Morgan fingerprint density at radius 1 is 1.38 bits per heavy atom. The van der Waals surface area contributed by atoms with Crippen molar-refractivity contribution in [1.82, 2.24) is 9.88 Å². The molecule has 2 rings (SSSR count). The van der Waals surface area contributed by atoms with Crippen molar-refractivity contribution in [2.24, 2.45) is 5.41 Å². The van der Waals surface area contributed by atoms with Gasteiger partial charge in [-0.2, -0.15) is 5.26 Å². The molecular formula is C18H29N3. The first-order valence-electron chi connectivity index (χ1n) is 8.39. The monoisotopic (exact) mass is 287 g/mol. The SMILES string of the molecule is CCNC1CCCc2cn(CCCCC(C)(C)C#N)cc21. The largest absolute Gasteiger partial charge is 0.354 e. The summed E-state index contributed by atoms with van der Waals surface area (Å²) >= 11 is 0. The molecular weight excluding hydrogens is 258 g/mol. The summed E-state index contributed by atoms with van der Waals surface area (Å²) in [4.78, 5) is 0. The standard InChI is InChI=1S/C18H29N3/c1-4-20-17-9-7-8-15-12-21(13-16(15)17)11-6-5-10-18(2,3)14-19/h12-13,17,20H,4-11H2,1-3H3. The Morgan fingerprint density at radius 2 is 2.19 bits per heavy atom. The van der Waals surface area contributed by atoms with Gasteiger partial charge in [0.15, 0.2) is 0 Å². The second-order valence-corrected chi connectivity index (χ2v) is 6.93. The van der Waals surface area contributed by atoms with E-state index in [-0.39, 0.29) is 5.41 Å². The van der Waals surface area contributed by atoms with Crippen molar-refractivity contribution in [2.75, 3.05) is 6.54 Å². The van der Waals surface area contributed by atoms with E-state index < -0.39 is 0 Å². The maximum atomic E-state index is 9.04. The van der Waals surface area contributed by atoms with Gasteiger partial charge >= 0.3 is 0 Å². The molecule has 0 bridgehead atoms. The number of hydrogen-bond acceptors (Lipinski definition) is 2. The van der Waals surface area contributed by atoms with E-state index in [0.717, 1.165) is 32.4 Å². The number of fused-ring (bicyclic) bond motifs is 1.